The van der Waals surface area contributed by atoms with Gasteiger partial charge in [0.2, 0.25) is 0 Å². The molecule has 0 aliphatic carbocycles. The van der Waals surface area contributed by atoms with Gasteiger partial charge in [0.1, 0.15) is 0 Å². The molecule has 2 N–H and O–H groups in total. The smallest absolute Gasteiger partial charge is 0.191 e. The molecular weight excluding hydrogens is 477 g/mol. The van der Waals surface area contributed by atoms with Crippen molar-refractivity contribution in [2.24, 2.45) is 10.9 Å². The Morgan fingerprint density at radius 2 is 1.93 bits per heavy atom. The molecule has 6 nitrogen and oxygen atoms in total. The van der Waals surface area contributed by atoms with Gasteiger partial charge < -0.3 is 15.4 Å². The van der Waals surface area contributed by atoms with Crippen molar-refractivity contribution >= 4 is 29.9 Å². The molecule has 162 valence electrons. The van der Waals surface area contributed by atoms with Gasteiger partial charge in [0, 0.05) is 32.2 Å². The van der Waals surface area contributed by atoms with E-state index in [9.17, 15) is 0 Å². The predicted molar refractivity (Wildman–Crippen MR) is 130 cm³/mol. The summed E-state index contributed by atoms with van der Waals surface area (Å²) in [5.74, 6) is 1.48. The van der Waals surface area contributed by atoms with Crippen molar-refractivity contribution in [3.63, 3.8) is 0 Å². The Hall–Kier alpha value is -1.37. The van der Waals surface area contributed by atoms with Crippen LogP contribution in [0.25, 0.3) is 0 Å². The first-order chi connectivity index (χ1) is 13.7. The topological polar surface area (TPSA) is 72.7 Å². The van der Waals surface area contributed by atoms with E-state index in [0.29, 0.717) is 24.1 Å². The van der Waals surface area contributed by atoms with E-state index in [4.69, 9.17) is 15.0 Å². The molecule has 0 bridgehead atoms. The van der Waals surface area contributed by atoms with Gasteiger partial charge in [0.25, 0.3) is 0 Å². The highest BCUT2D eigenvalue weighted by Crippen LogP contribution is 2.19. The first-order valence-electron chi connectivity index (χ1n) is 10.5. The van der Waals surface area contributed by atoms with Crippen LogP contribution < -0.4 is 10.6 Å². The third-order valence-electron chi connectivity index (χ3n) is 5.41. The molecule has 0 amide bonds. The van der Waals surface area contributed by atoms with Crippen molar-refractivity contribution in [3.05, 3.63) is 35.4 Å². The lowest BCUT2D eigenvalue weighted by Gasteiger charge is -2.39. The summed E-state index contributed by atoms with van der Waals surface area (Å²) in [4.78, 5) is 7.29. The number of guanidine groups is 1. The zero-order chi connectivity index (χ0) is 20.2. The molecule has 0 radical (unpaired) electrons. The van der Waals surface area contributed by atoms with Crippen molar-refractivity contribution in [3.8, 4) is 6.07 Å². The minimum Gasteiger partial charge on any atom is -0.379 e. The molecule has 1 aliphatic heterocycles. The zero-order valence-electron chi connectivity index (χ0n) is 18.0. The summed E-state index contributed by atoms with van der Waals surface area (Å²) >= 11 is 0. The van der Waals surface area contributed by atoms with Crippen LogP contribution in [0.1, 0.15) is 44.7 Å². The second-order valence-corrected chi connectivity index (χ2v) is 7.18. The summed E-state index contributed by atoms with van der Waals surface area (Å²) in [7, 11) is 0. The zero-order valence-corrected chi connectivity index (χ0v) is 20.3. The summed E-state index contributed by atoms with van der Waals surface area (Å²) in [5.41, 5.74) is 1.72. The van der Waals surface area contributed by atoms with Gasteiger partial charge in [0.05, 0.1) is 31.4 Å². The third kappa shape index (κ3) is 8.49. The molecule has 1 aliphatic rings. The Kier molecular flexibility index (Phi) is 12.9. The van der Waals surface area contributed by atoms with E-state index >= 15 is 0 Å². The molecule has 29 heavy (non-hydrogen) atoms. The Labute approximate surface area is 193 Å². The summed E-state index contributed by atoms with van der Waals surface area (Å²) in [6.45, 7) is 12.5. The number of aliphatic imine (C=N–C) groups is 1. The van der Waals surface area contributed by atoms with Gasteiger partial charge in [-0.2, -0.15) is 5.26 Å². The van der Waals surface area contributed by atoms with Gasteiger partial charge in [0.15, 0.2) is 5.96 Å². The number of nitrogens with zero attached hydrogens (tertiary/aromatic N) is 3. The summed E-state index contributed by atoms with van der Waals surface area (Å²) < 4.78 is 5.55. The number of ether oxygens (including phenoxy) is 1. The number of rotatable bonds is 9. The maximum Gasteiger partial charge on any atom is 0.191 e. The fourth-order valence-corrected chi connectivity index (χ4v) is 3.79. The minimum atomic E-state index is 0. The standard InChI is InChI=1S/C22H35N5O.HI/c1-4-20(5-2)21(27-10-12-28-13-11-27)17-26-22(24-6-3)25-16-19-9-7-8-18(14-19)15-23;/h7-9,14,20-21H,4-6,10-13,16-17H2,1-3H3,(H2,24,25,26);1H. The number of morpholine rings is 1. The molecule has 0 aromatic heterocycles. The Balaban J connectivity index is 0.00000420. The summed E-state index contributed by atoms with van der Waals surface area (Å²) in [5, 5.41) is 16.0. The molecule has 1 aromatic carbocycles. The van der Waals surface area contributed by atoms with Gasteiger partial charge >= 0.3 is 0 Å². The second-order valence-electron chi connectivity index (χ2n) is 7.18. The average Bonchev–Trinajstić information content (AvgIpc) is 2.75. The highest BCUT2D eigenvalue weighted by molar-refractivity contribution is 14.0. The van der Waals surface area contributed by atoms with Crippen LogP contribution in [0.5, 0.6) is 0 Å². The van der Waals surface area contributed by atoms with Gasteiger partial charge in [-0.05, 0) is 30.5 Å². The van der Waals surface area contributed by atoms with Crippen LogP contribution in [0.15, 0.2) is 29.3 Å². The number of hydrogen-bond acceptors (Lipinski definition) is 4. The second kappa shape index (κ2) is 14.6. The molecule has 1 aromatic rings. The largest absolute Gasteiger partial charge is 0.379 e. The first-order valence-corrected chi connectivity index (χ1v) is 10.5. The highest BCUT2D eigenvalue weighted by Gasteiger charge is 2.26. The Bertz CT molecular complexity index is 651. The van der Waals surface area contributed by atoms with E-state index in [1.54, 1.807) is 0 Å². The van der Waals surface area contributed by atoms with Crippen LogP contribution in [0.3, 0.4) is 0 Å². The maximum absolute atomic E-state index is 9.07. The molecule has 0 spiro atoms. The average molecular weight is 513 g/mol. The molecule has 1 fully saturated rings. The lowest BCUT2D eigenvalue weighted by molar-refractivity contribution is 0.00272. The lowest BCUT2D eigenvalue weighted by atomic mass is 9.92. The number of hydrogen-bond donors (Lipinski definition) is 2. The monoisotopic (exact) mass is 513 g/mol. The van der Waals surface area contributed by atoms with Crippen LogP contribution >= 0.6 is 24.0 Å². The molecule has 1 heterocycles. The summed E-state index contributed by atoms with van der Waals surface area (Å²) in [6, 6.07) is 10.3. The van der Waals surface area contributed by atoms with Crippen LogP contribution in [0, 0.1) is 17.2 Å². The number of halogens is 1. The fourth-order valence-electron chi connectivity index (χ4n) is 3.79. The minimum absolute atomic E-state index is 0. The van der Waals surface area contributed by atoms with Gasteiger partial charge in [-0.25, -0.2) is 4.99 Å². The van der Waals surface area contributed by atoms with Crippen LogP contribution in [0.4, 0.5) is 0 Å². The Morgan fingerprint density at radius 3 is 2.55 bits per heavy atom. The molecule has 7 heteroatoms. The highest BCUT2D eigenvalue weighted by atomic mass is 127. The van der Waals surface area contributed by atoms with Gasteiger partial charge in [-0.15, -0.1) is 24.0 Å². The van der Waals surface area contributed by atoms with E-state index in [2.05, 4.69) is 42.4 Å². The lowest BCUT2D eigenvalue weighted by Crippen LogP contribution is -2.53. The molecule has 0 saturated carbocycles. The molecule has 1 unspecified atom stereocenters. The SMILES string of the molecule is CCNC(=NCc1cccc(C#N)c1)NCC(C(CC)CC)N1CCOCC1.I. The summed E-state index contributed by atoms with van der Waals surface area (Å²) in [6.07, 6.45) is 2.35. The van der Waals surface area contributed by atoms with Gasteiger partial charge in [-0.3, -0.25) is 4.90 Å². The fraction of sp³-hybridized carbons (Fsp3) is 0.636. The van der Waals surface area contributed by atoms with Gasteiger partial charge in [-0.1, -0.05) is 38.8 Å². The van der Waals surface area contributed by atoms with E-state index < -0.39 is 0 Å². The quantitative estimate of drug-likeness (QED) is 0.301. The van der Waals surface area contributed by atoms with Crippen molar-refractivity contribution in [2.45, 2.75) is 46.2 Å². The third-order valence-corrected chi connectivity index (χ3v) is 5.41. The van der Waals surface area contributed by atoms with Crippen molar-refractivity contribution < 1.29 is 4.74 Å². The normalized spacial score (nSPS) is 16.0. The van der Waals surface area contributed by atoms with E-state index in [1.807, 2.05) is 24.3 Å². The molecule has 1 saturated heterocycles. The maximum atomic E-state index is 9.07. The molecular formula is C22H36IN5O. The van der Waals surface area contributed by atoms with Crippen LogP contribution in [-0.2, 0) is 11.3 Å². The molecule has 2 rings (SSSR count). The van der Waals surface area contributed by atoms with Crippen molar-refractivity contribution in [1.82, 2.24) is 15.5 Å². The van der Waals surface area contributed by atoms with Crippen molar-refractivity contribution in [2.75, 3.05) is 39.4 Å². The Morgan fingerprint density at radius 1 is 1.21 bits per heavy atom. The van der Waals surface area contributed by atoms with E-state index in [1.165, 1.54) is 12.8 Å². The molecule has 1 atom stereocenters. The number of nitriles is 1. The van der Waals surface area contributed by atoms with Crippen LogP contribution in [0.2, 0.25) is 0 Å². The number of benzene rings is 1. The van der Waals surface area contributed by atoms with Crippen molar-refractivity contribution in [1.29, 1.82) is 5.26 Å². The predicted octanol–water partition coefficient (Wildman–Crippen LogP) is 3.37. The van der Waals surface area contributed by atoms with E-state index in [-0.39, 0.29) is 24.0 Å². The van der Waals surface area contributed by atoms with E-state index in [0.717, 1.165) is 50.9 Å². The number of nitrogens with one attached hydrogen (secondary N) is 2. The first kappa shape index (κ1) is 25.7. The van der Waals surface area contributed by atoms with Crippen LogP contribution in [-0.4, -0.2) is 56.3 Å².